The van der Waals surface area contributed by atoms with Gasteiger partial charge in [-0.05, 0) is 31.6 Å². The summed E-state index contributed by atoms with van der Waals surface area (Å²) in [6.07, 6.45) is 6.24. The van der Waals surface area contributed by atoms with Crippen LogP contribution >= 0.6 is 0 Å². The lowest BCUT2D eigenvalue weighted by molar-refractivity contribution is 0.289. The van der Waals surface area contributed by atoms with Gasteiger partial charge in [0, 0.05) is 19.1 Å². The van der Waals surface area contributed by atoms with Gasteiger partial charge in [0.05, 0.1) is 5.75 Å². The van der Waals surface area contributed by atoms with Gasteiger partial charge in [-0.25, -0.2) is 13.1 Å². The van der Waals surface area contributed by atoms with E-state index in [0.717, 1.165) is 5.92 Å². The third-order valence-corrected chi connectivity index (χ3v) is 5.06. The molecular formula is C12H26N2O2S. The molecule has 0 spiro atoms. The summed E-state index contributed by atoms with van der Waals surface area (Å²) in [5.74, 6) is 1.08. The van der Waals surface area contributed by atoms with Crippen molar-refractivity contribution in [1.82, 2.24) is 10.0 Å². The highest BCUT2D eigenvalue weighted by atomic mass is 32.2. The van der Waals surface area contributed by atoms with Crippen LogP contribution in [0.15, 0.2) is 0 Å². The Morgan fingerprint density at radius 3 is 2.29 bits per heavy atom. The van der Waals surface area contributed by atoms with E-state index in [4.69, 9.17) is 0 Å². The van der Waals surface area contributed by atoms with Crippen molar-refractivity contribution < 1.29 is 8.42 Å². The van der Waals surface area contributed by atoms with Crippen LogP contribution < -0.4 is 10.0 Å². The maximum atomic E-state index is 11.4. The minimum Gasteiger partial charge on any atom is -0.313 e. The van der Waals surface area contributed by atoms with Crippen LogP contribution in [0.5, 0.6) is 0 Å². The summed E-state index contributed by atoms with van der Waals surface area (Å²) in [5, 5.41) is 3.36. The number of hydrogen-bond acceptors (Lipinski definition) is 3. The number of hydrogen-bond donors (Lipinski definition) is 2. The first-order valence-corrected chi connectivity index (χ1v) is 8.43. The van der Waals surface area contributed by atoms with Crippen LogP contribution in [-0.2, 0) is 10.0 Å². The Bertz CT molecular complexity index is 296. The Hall–Kier alpha value is -0.130. The van der Waals surface area contributed by atoms with E-state index in [0.29, 0.717) is 19.1 Å². The second-order valence-electron chi connectivity index (χ2n) is 4.90. The van der Waals surface area contributed by atoms with Crippen molar-refractivity contribution in [3.8, 4) is 0 Å². The molecule has 1 aliphatic rings. The van der Waals surface area contributed by atoms with E-state index in [1.807, 2.05) is 0 Å². The summed E-state index contributed by atoms with van der Waals surface area (Å²) >= 11 is 0. The van der Waals surface area contributed by atoms with E-state index in [-0.39, 0.29) is 5.75 Å². The normalized spacial score (nSPS) is 26.0. The van der Waals surface area contributed by atoms with Gasteiger partial charge in [-0.3, -0.25) is 0 Å². The summed E-state index contributed by atoms with van der Waals surface area (Å²) in [5.41, 5.74) is 0. The molecule has 0 heterocycles. The fraction of sp³-hybridized carbons (Fsp3) is 1.00. The molecule has 1 aliphatic carbocycles. The van der Waals surface area contributed by atoms with Gasteiger partial charge >= 0.3 is 0 Å². The highest BCUT2D eigenvalue weighted by Crippen LogP contribution is 2.26. The topological polar surface area (TPSA) is 58.2 Å². The molecule has 2 N–H and O–H groups in total. The molecule has 0 aliphatic heterocycles. The number of nitrogens with one attached hydrogen (secondary N) is 2. The number of sulfonamides is 1. The zero-order chi connectivity index (χ0) is 12.7. The highest BCUT2D eigenvalue weighted by molar-refractivity contribution is 7.89. The first-order valence-electron chi connectivity index (χ1n) is 6.78. The third kappa shape index (κ3) is 5.84. The molecule has 0 unspecified atom stereocenters. The molecular weight excluding hydrogens is 236 g/mol. The van der Waals surface area contributed by atoms with E-state index < -0.39 is 10.0 Å². The van der Waals surface area contributed by atoms with E-state index in [1.54, 1.807) is 6.92 Å². The molecule has 0 aromatic heterocycles. The lowest BCUT2D eigenvalue weighted by Gasteiger charge is -2.28. The third-order valence-electron chi connectivity index (χ3n) is 3.59. The molecule has 0 radical (unpaired) electrons. The molecule has 0 bridgehead atoms. The van der Waals surface area contributed by atoms with Crippen LogP contribution in [0.2, 0.25) is 0 Å². The van der Waals surface area contributed by atoms with E-state index in [9.17, 15) is 8.42 Å². The molecule has 102 valence electrons. The first kappa shape index (κ1) is 14.9. The standard InChI is InChI=1S/C12H26N2O2S/c1-3-11-5-7-12(8-6-11)13-9-10-17(15,16)14-4-2/h11-14H,3-10H2,1-2H3. The zero-order valence-electron chi connectivity index (χ0n) is 11.0. The smallest absolute Gasteiger partial charge is 0.212 e. The summed E-state index contributed by atoms with van der Waals surface area (Å²) < 4.78 is 25.3. The summed E-state index contributed by atoms with van der Waals surface area (Å²) in [6, 6.07) is 0.523. The summed E-state index contributed by atoms with van der Waals surface area (Å²) in [6.45, 7) is 5.10. The van der Waals surface area contributed by atoms with E-state index >= 15 is 0 Å². The summed E-state index contributed by atoms with van der Waals surface area (Å²) in [4.78, 5) is 0. The van der Waals surface area contributed by atoms with Gasteiger partial charge in [0.2, 0.25) is 10.0 Å². The fourth-order valence-electron chi connectivity index (χ4n) is 2.46. The first-order chi connectivity index (χ1) is 8.07. The number of rotatable bonds is 7. The average Bonchev–Trinajstić information content (AvgIpc) is 2.29. The Morgan fingerprint density at radius 2 is 1.76 bits per heavy atom. The molecule has 5 heteroatoms. The predicted molar refractivity (Wildman–Crippen MR) is 71.5 cm³/mol. The molecule has 0 saturated heterocycles. The molecule has 4 nitrogen and oxygen atoms in total. The van der Waals surface area contributed by atoms with Crippen LogP contribution in [0.1, 0.15) is 46.0 Å². The van der Waals surface area contributed by atoms with Crippen LogP contribution in [0.3, 0.4) is 0 Å². The Balaban J connectivity index is 2.16. The lowest BCUT2D eigenvalue weighted by Crippen LogP contribution is -2.38. The zero-order valence-corrected chi connectivity index (χ0v) is 11.9. The molecule has 0 aromatic carbocycles. The van der Waals surface area contributed by atoms with Crippen molar-refractivity contribution in [2.24, 2.45) is 5.92 Å². The van der Waals surface area contributed by atoms with Gasteiger partial charge in [0.15, 0.2) is 0 Å². The van der Waals surface area contributed by atoms with E-state index in [2.05, 4.69) is 17.0 Å². The van der Waals surface area contributed by atoms with Gasteiger partial charge in [-0.1, -0.05) is 20.3 Å². The average molecular weight is 262 g/mol. The second-order valence-corrected chi connectivity index (χ2v) is 6.82. The maximum absolute atomic E-state index is 11.4. The quantitative estimate of drug-likeness (QED) is 0.731. The molecule has 1 saturated carbocycles. The van der Waals surface area contributed by atoms with Gasteiger partial charge in [-0.15, -0.1) is 0 Å². The SMILES string of the molecule is CCNS(=O)(=O)CCNC1CCC(CC)CC1. The fourth-order valence-corrected chi connectivity index (χ4v) is 3.44. The minimum atomic E-state index is -3.06. The van der Waals surface area contributed by atoms with Crippen LogP contribution in [0, 0.1) is 5.92 Å². The summed E-state index contributed by atoms with van der Waals surface area (Å²) in [7, 11) is -3.06. The monoisotopic (exact) mass is 262 g/mol. The molecule has 17 heavy (non-hydrogen) atoms. The van der Waals surface area contributed by atoms with Gasteiger partial charge in [0.1, 0.15) is 0 Å². The van der Waals surface area contributed by atoms with Crippen LogP contribution in [0.4, 0.5) is 0 Å². The molecule has 0 atom stereocenters. The minimum absolute atomic E-state index is 0.189. The van der Waals surface area contributed by atoms with Crippen molar-refractivity contribution >= 4 is 10.0 Å². The Morgan fingerprint density at radius 1 is 1.12 bits per heavy atom. The van der Waals surface area contributed by atoms with Crippen LogP contribution in [-0.4, -0.2) is 33.3 Å². The lowest BCUT2D eigenvalue weighted by atomic mass is 9.84. The van der Waals surface area contributed by atoms with Crippen molar-refractivity contribution in [3.63, 3.8) is 0 Å². The van der Waals surface area contributed by atoms with Crippen molar-refractivity contribution in [3.05, 3.63) is 0 Å². The predicted octanol–water partition coefficient (Wildman–Crippen LogP) is 1.48. The largest absolute Gasteiger partial charge is 0.313 e. The Labute approximate surface area is 106 Å². The maximum Gasteiger partial charge on any atom is 0.212 e. The van der Waals surface area contributed by atoms with Crippen molar-refractivity contribution in [2.75, 3.05) is 18.8 Å². The van der Waals surface area contributed by atoms with Crippen molar-refractivity contribution in [2.45, 2.75) is 52.0 Å². The van der Waals surface area contributed by atoms with Gasteiger partial charge in [0.25, 0.3) is 0 Å². The molecule has 0 amide bonds. The highest BCUT2D eigenvalue weighted by Gasteiger charge is 2.19. The van der Waals surface area contributed by atoms with Crippen molar-refractivity contribution in [1.29, 1.82) is 0 Å². The molecule has 1 rings (SSSR count). The molecule has 1 fully saturated rings. The van der Waals surface area contributed by atoms with Gasteiger partial charge in [-0.2, -0.15) is 0 Å². The van der Waals surface area contributed by atoms with Crippen LogP contribution in [0.25, 0.3) is 0 Å². The molecule has 0 aromatic rings. The second kappa shape index (κ2) is 7.34. The Kier molecular flexibility index (Phi) is 6.44. The van der Waals surface area contributed by atoms with Gasteiger partial charge < -0.3 is 5.32 Å². The van der Waals surface area contributed by atoms with E-state index in [1.165, 1.54) is 32.1 Å².